The zero-order valence-corrected chi connectivity index (χ0v) is 12.0. The van der Waals surface area contributed by atoms with Crippen molar-refractivity contribution < 1.29 is 0 Å². The van der Waals surface area contributed by atoms with Crippen molar-refractivity contribution >= 4 is 35.1 Å². The van der Waals surface area contributed by atoms with E-state index in [4.69, 9.17) is 28.9 Å². The normalized spacial score (nSPS) is 12.2. The van der Waals surface area contributed by atoms with Gasteiger partial charge in [0.1, 0.15) is 0 Å². The molecule has 0 bridgehead atoms. The van der Waals surface area contributed by atoms with Crippen LogP contribution in [0.4, 0.5) is 11.9 Å². The van der Waals surface area contributed by atoms with Crippen LogP contribution in [-0.2, 0) is 0 Å². The number of halogens is 2. The van der Waals surface area contributed by atoms with Gasteiger partial charge in [-0.3, -0.25) is 0 Å². The van der Waals surface area contributed by atoms with Gasteiger partial charge in [0.2, 0.25) is 17.2 Å². The van der Waals surface area contributed by atoms with E-state index < -0.39 is 0 Å². The molecule has 0 saturated carbocycles. The van der Waals surface area contributed by atoms with Crippen molar-refractivity contribution in [2.75, 3.05) is 17.7 Å². The summed E-state index contributed by atoms with van der Waals surface area (Å²) in [4.78, 5) is 13.7. The molecule has 1 atom stereocenters. The molecule has 0 aliphatic carbocycles. The molecule has 1 heterocycles. The molecule has 0 spiro atoms. The average molecular weight is 298 g/mol. The van der Waals surface area contributed by atoms with Gasteiger partial charge < -0.3 is 10.6 Å². The van der Waals surface area contributed by atoms with Gasteiger partial charge in [-0.2, -0.15) is 15.0 Å². The first-order valence-corrected chi connectivity index (χ1v) is 6.39. The van der Waals surface area contributed by atoms with E-state index in [0.29, 0.717) is 11.0 Å². The molecule has 1 aromatic carbocycles. The Hall–Kier alpha value is -1.59. The molecule has 1 aromatic heterocycles. The van der Waals surface area contributed by atoms with Crippen LogP contribution >= 0.6 is 23.2 Å². The maximum Gasteiger partial charge on any atom is 0.231 e. The lowest BCUT2D eigenvalue weighted by molar-refractivity contribution is 0.713. The predicted molar refractivity (Wildman–Crippen MR) is 77.5 cm³/mol. The molecule has 0 aliphatic rings. The number of benzene rings is 1. The Balaban J connectivity index is 2.33. The summed E-state index contributed by atoms with van der Waals surface area (Å²) >= 11 is 12.0. The number of hydrogen-bond acceptors (Lipinski definition) is 5. The summed E-state index contributed by atoms with van der Waals surface area (Å²) in [6, 6.07) is 7.59. The first kappa shape index (κ1) is 13.8. The number of rotatable bonds is 3. The number of aromatic nitrogens is 3. The maximum atomic E-state index is 6.18. The molecule has 5 nitrogen and oxygen atoms in total. The Morgan fingerprint density at radius 3 is 2.47 bits per heavy atom. The molecule has 0 amide bonds. The fourth-order valence-electron chi connectivity index (χ4n) is 1.71. The van der Waals surface area contributed by atoms with E-state index in [9.17, 15) is 0 Å². The lowest BCUT2D eigenvalue weighted by atomic mass is 10.1. The third-order valence-electron chi connectivity index (χ3n) is 2.87. The van der Waals surface area contributed by atoms with Crippen LogP contribution in [0.25, 0.3) is 0 Å². The summed E-state index contributed by atoms with van der Waals surface area (Å²) in [6.45, 7) is 2.00. The molecule has 7 heteroatoms. The van der Waals surface area contributed by atoms with Crippen molar-refractivity contribution in [2.45, 2.75) is 13.0 Å². The van der Waals surface area contributed by atoms with E-state index in [2.05, 4.69) is 15.0 Å². The second-order valence-electron chi connectivity index (χ2n) is 4.07. The minimum Gasteiger partial charge on any atom is -0.368 e. The van der Waals surface area contributed by atoms with Crippen molar-refractivity contribution in [2.24, 2.45) is 0 Å². The van der Waals surface area contributed by atoms with Crippen LogP contribution in [-0.4, -0.2) is 22.0 Å². The summed E-state index contributed by atoms with van der Waals surface area (Å²) in [5, 5.41) is 0.760. The Labute approximate surface area is 121 Å². The molecule has 0 radical (unpaired) electrons. The number of anilines is 2. The molecule has 100 valence electrons. The van der Waals surface area contributed by atoms with Crippen molar-refractivity contribution in [3.63, 3.8) is 0 Å². The largest absolute Gasteiger partial charge is 0.368 e. The number of nitrogens with two attached hydrogens (primary N) is 1. The van der Waals surface area contributed by atoms with Gasteiger partial charge in [0, 0.05) is 12.1 Å². The Kier molecular flexibility index (Phi) is 4.07. The highest BCUT2D eigenvalue weighted by Crippen LogP contribution is 2.28. The second-order valence-corrected chi connectivity index (χ2v) is 4.82. The fourth-order valence-corrected chi connectivity index (χ4v) is 2.16. The molecule has 2 rings (SSSR count). The van der Waals surface area contributed by atoms with Crippen LogP contribution in [0.1, 0.15) is 18.5 Å². The summed E-state index contributed by atoms with van der Waals surface area (Å²) < 4.78 is 0. The van der Waals surface area contributed by atoms with E-state index >= 15 is 0 Å². The third-order valence-corrected chi connectivity index (χ3v) is 3.38. The summed E-state index contributed by atoms with van der Waals surface area (Å²) in [7, 11) is 1.85. The first-order chi connectivity index (χ1) is 8.99. The SMILES string of the molecule is CC(c1ccccc1Cl)N(C)c1nc(N)nc(Cl)n1. The van der Waals surface area contributed by atoms with Gasteiger partial charge in [-0.05, 0) is 30.2 Å². The van der Waals surface area contributed by atoms with Crippen molar-refractivity contribution in [1.82, 2.24) is 15.0 Å². The summed E-state index contributed by atoms with van der Waals surface area (Å²) in [6.07, 6.45) is 0. The van der Waals surface area contributed by atoms with Crippen LogP contribution in [0, 0.1) is 0 Å². The minimum atomic E-state index is -0.0217. The zero-order chi connectivity index (χ0) is 14.0. The lowest BCUT2D eigenvalue weighted by Crippen LogP contribution is -2.24. The highest BCUT2D eigenvalue weighted by Gasteiger charge is 2.18. The highest BCUT2D eigenvalue weighted by atomic mass is 35.5. The topological polar surface area (TPSA) is 67.9 Å². The Morgan fingerprint density at radius 2 is 1.84 bits per heavy atom. The molecular weight excluding hydrogens is 285 g/mol. The van der Waals surface area contributed by atoms with E-state index in [1.807, 2.05) is 43.1 Å². The number of hydrogen-bond donors (Lipinski definition) is 1. The quantitative estimate of drug-likeness (QED) is 0.943. The smallest absolute Gasteiger partial charge is 0.231 e. The third kappa shape index (κ3) is 3.05. The van der Waals surface area contributed by atoms with E-state index in [1.165, 1.54) is 0 Å². The van der Waals surface area contributed by atoms with Gasteiger partial charge in [-0.15, -0.1) is 0 Å². The van der Waals surface area contributed by atoms with Gasteiger partial charge in [-0.25, -0.2) is 0 Å². The van der Waals surface area contributed by atoms with Crippen LogP contribution in [0.2, 0.25) is 10.3 Å². The fraction of sp³-hybridized carbons (Fsp3) is 0.250. The van der Waals surface area contributed by atoms with Crippen LogP contribution < -0.4 is 10.6 Å². The number of nitrogen functional groups attached to an aromatic ring is 1. The highest BCUT2D eigenvalue weighted by molar-refractivity contribution is 6.31. The lowest BCUT2D eigenvalue weighted by Gasteiger charge is -2.25. The van der Waals surface area contributed by atoms with Crippen molar-refractivity contribution in [1.29, 1.82) is 0 Å². The zero-order valence-electron chi connectivity index (χ0n) is 10.5. The van der Waals surface area contributed by atoms with Gasteiger partial charge in [-0.1, -0.05) is 29.8 Å². The summed E-state index contributed by atoms with van der Waals surface area (Å²) in [5.74, 6) is 0.498. The van der Waals surface area contributed by atoms with Gasteiger partial charge >= 0.3 is 0 Å². The van der Waals surface area contributed by atoms with Gasteiger partial charge in [0.25, 0.3) is 0 Å². The molecule has 2 N–H and O–H groups in total. The standard InChI is InChI=1S/C12H13Cl2N5/c1-7(8-5-3-4-6-9(8)13)19(2)12-17-10(14)16-11(15)18-12/h3-7H,1-2H3,(H2,15,16,17,18). The monoisotopic (exact) mass is 297 g/mol. The molecular formula is C12H13Cl2N5. The molecule has 2 aromatic rings. The van der Waals surface area contributed by atoms with E-state index in [0.717, 1.165) is 5.56 Å². The van der Waals surface area contributed by atoms with Crippen molar-refractivity contribution in [3.8, 4) is 0 Å². The molecule has 19 heavy (non-hydrogen) atoms. The van der Waals surface area contributed by atoms with E-state index in [-0.39, 0.29) is 17.3 Å². The summed E-state index contributed by atoms with van der Waals surface area (Å²) in [5.41, 5.74) is 6.54. The average Bonchev–Trinajstić information content (AvgIpc) is 2.36. The van der Waals surface area contributed by atoms with Crippen LogP contribution in [0.5, 0.6) is 0 Å². The van der Waals surface area contributed by atoms with Gasteiger partial charge in [0.05, 0.1) is 6.04 Å². The van der Waals surface area contributed by atoms with E-state index in [1.54, 1.807) is 0 Å². The molecule has 0 saturated heterocycles. The first-order valence-electron chi connectivity index (χ1n) is 5.63. The molecule has 0 fully saturated rings. The number of nitrogens with zero attached hydrogens (tertiary/aromatic N) is 4. The Morgan fingerprint density at radius 1 is 1.16 bits per heavy atom. The molecule has 1 unspecified atom stereocenters. The van der Waals surface area contributed by atoms with Crippen LogP contribution in [0.15, 0.2) is 24.3 Å². The van der Waals surface area contributed by atoms with Crippen molar-refractivity contribution in [3.05, 3.63) is 40.1 Å². The Bertz CT molecular complexity index is 570. The second kappa shape index (κ2) is 5.59. The van der Waals surface area contributed by atoms with Gasteiger partial charge in [0.15, 0.2) is 0 Å². The maximum absolute atomic E-state index is 6.18. The van der Waals surface area contributed by atoms with Crippen LogP contribution in [0.3, 0.4) is 0 Å². The predicted octanol–water partition coefficient (Wildman–Crippen LogP) is 2.96. The molecule has 0 aliphatic heterocycles. The minimum absolute atomic E-state index is 0.0217.